The number of aryl methyl sites for hydroxylation is 3. The van der Waals surface area contributed by atoms with Crippen molar-refractivity contribution in [1.82, 2.24) is 0 Å². The standard InChI is InChI=1S/C23H30N2O2/c1-7-19-12-8-11-17(5)23(19)25(18(6)26)14-21(27)24-22-16(4)10-9-13-20(22)15(2)3/h8-13,15H,7,14H2,1-6H3,(H,24,27). The molecule has 1 N–H and O–H groups in total. The van der Waals surface area contributed by atoms with Crippen LogP contribution in [0.5, 0.6) is 0 Å². The van der Waals surface area contributed by atoms with E-state index in [1.807, 2.05) is 50.2 Å². The van der Waals surface area contributed by atoms with E-state index in [4.69, 9.17) is 0 Å². The van der Waals surface area contributed by atoms with Gasteiger partial charge < -0.3 is 10.2 Å². The summed E-state index contributed by atoms with van der Waals surface area (Å²) < 4.78 is 0. The number of anilines is 2. The molecule has 0 bridgehead atoms. The Balaban J connectivity index is 2.32. The van der Waals surface area contributed by atoms with Gasteiger partial charge in [0.2, 0.25) is 11.8 Å². The van der Waals surface area contributed by atoms with Gasteiger partial charge in [0.15, 0.2) is 0 Å². The van der Waals surface area contributed by atoms with Crippen LogP contribution in [0.2, 0.25) is 0 Å². The Morgan fingerprint density at radius 3 is 2.26 bits per heavy atom. The van der Waals surface area contributed by atoms with Crippen molar-refractivity contribution >= 4 is 23.2 Å². The van der Waals surface area contributed by atoms with Gasteiger partial charge in [-0.05, 0) is 48.4 Å². The van der Waals surface area contributed by atoms with Gasteiger partial charge in [0, 0.05) is 12.6 Å². The molecule has 0 aliphatic rings. The molecular formula is C23H30N2O2. The maximum atomic E-state index is 12.8. The van der Waals surface area contributed by atoms with Gasteiger partial charge in [0.1, 0.15) is 6.54 Å². The second-order valence-electron chi connectivity index (χ2n) is 7.28. The molecular weight excluding hydrogens is 336 g/mol. The fraction of sp³-hybridized carbons (Fsp3) is 0.391. The third kappa shape index (κ3) is 4.76. The number of hydrogen-bond acceptors (Lipinski definition) is 2. The minimum atomic E-state index is -0.188. The molecule has 0 unspecified atom stereocenters. The first kappa shape index (κ1) is 20.7. The van der Waals surface area contributed by atoms with Gasteiger partial charge in [-0.1, -0.05) is 57.2 Å². The molecule has 27 heavy (non-hydrogen) atoms. The highest BCUT2D eigenvalue weighted by molar-refractivity contribution is 6.03. The van der Waals surface area contributed by atoms with Crippen LogP contribution in [0.1, 0.15) is 55.9 Å². The van der Waals surface area contributed by atoms with E-state index in [9.17, 15) is 9.59 Å². The van der Waals surface area contributed by atoms with Gasteiger partial charge >= 0.3 is 0 Å². The zero-order valence-corrected chi connectivity index (χ0v) is 17.2. The molecule has 0 aliphatic carbocycles. The molecule has 0 spiro atoms. The number of nitrogens with zero attached hydrogens (tertiary/aromatic N) is 1. The molecule has 0 aliphatic heterocycles. The Morgan fingerprint density at radius 1 is 1.04 bits per heavy atom. The smallest absolute Gasteiger partial charge is 0.244 e. The van der Waals surface area contributed by atoms with Crippen molar-refractivity contribution in [2.24, 2.45) is 0 Å². The van der Waals surface area contributed by atoms with Crippen LogP contribution in [-0.4, -0.2) is 18.4 Å². The summed E-state index contributed by atoms with van der Waals surface area (Å²) in [5, 5.41) is 3.04. The highest BCUT2D eigenvalue weighted by atomic mass is 16.2. The number of amides is 2. The largest absolute Gasteiger partial charge is 0.324 e. The lowest BCUT2D eigenvalue weighted by molar-refractivity contribution is -0.120. The summed E-state index contributed by atoms with van der Waals surface area (Å²) in [4.78, 5) is 26.8. The van der Waals surface area contributed by atoms with Crippen LogP contribution in [0.15, 0.2) is 36.4 Å². The molecule has 144 valence electrons. The van der Waals surface area contributed by atoms with Crippen LogP contribution >= 0.6 is 0 Å². The Morgan fingerprint density at radius 2 is 1.67 bits per heavy atom. The highest BCUT2D eigenvalue weighted by Gasteiger charge is 2.21. The van der Waals surface area contributed by atoms with Crippen molar-refractivity contribution in [3.8, 4) is 0 Å². The Hall–Kier alpha value is -2.62. The second-order valence-corrected chi connectivity index (χ2v) is 7.28. The van der Waals surface area contributed by atoms with Gasteiger partial charge in [-0.2, -0.15) is 0 Å². The van der Waals surface area contributed by atoms with Crippen molar-refractivity contribution < 1.29 is 9.59 Å². The third-order valence-corrected chi connectivity index (χ3v) is 4.85. The number of carbonyl (C=O) groups is 2. The summed E-state index contributed by atoms with van der Waals surface area (Å²) in [7, 11) is 0. The Labute approximate surface area is 162 Å². The van der Waals surface area contributed by atoms with E-state index < -0.39 is 0 Å². The van der Waals surface area contributed by atoms with E-state index in [2.05, 4.69) is 26.1 Å². The summed E-state index contributed by atoms with van der Waals surface area (Å²) in [5.74, 6) is -0.0260. The van der Waals surface area contributed by atoms with E-state index in [0.717, 1.165) is 40.0 Å². The molecule has 0 atom stereocenters. The van der Waals surface area contributed by atoms with E-state index in [-0.39, 0.29) is 18.4 Å². The summed E-state index contributed by atoms with van der Waals surface area (Å²) in [6.07, 6.45) is 0.803. The fourth-order valence-electron chi connectivity index (χ4n) is 3.40. The topological polar surface area (TPSA) is 49.4 Å². The van der Waals surface area contributed by atoms with Crippen LogP contribution in [0.25, 0.3) is 0 Å². The predicted molar refractivity (Wildman–Crippen MR) is 112 cm³/mol. The monoisotopic (exact) mass is 366 g/mol. The average molecular weight is 367 g/mol. The molecule has 0 heterocycles. The molecule has 0 aromatic heterocycles. The first-order valence-electron chi connectivity index (χ1n) is 9.52. The molecule has 4 heteroatoms. The number of nitrogens with one attached hydrogen (secondary N) is 1. The average Bonchev–Trinajstić information content (AvgIpc) is 2.61. The summed E-state index contributed by atoms with van der Waals surface area (Å²) in [6, 6.07) is 12.0. The van der Waals surface area contributed by atoms with Crippen LogP contribution in [0, 0.1) is 13.8 Å². The minimum absolute atomic E-state index is 0.000936. The van der Waals surface area contributed by atoms with Gasteiger partial charge in [-0.15, -0.1) is 0 Å². The fourth-order valence-corrected chi connectivity index (χ4v) is 3.40. The molecule has 0 saturated carbocycles. The Kier molecular flexibility index (Phi) is 6.78. The van der Waals surface area contributed by atoms with Crippen molar-refractivity contribution in [3.05, 3.63) is 58.7 Å². The van der Waals surface area contributed by atoms with E-state index in [1.54, 1.807) is 4.90 Å². The highest BCUT2D eigenvalue weighted by Crippen LogP contribution is 2.29. The zero-order chi connectivity index (χ0) is 20.1. The van der Waals surface area contributed by atoms with Crippen molar-refractivity contribution in [1.29, 1.82) is 0 Å². The van der Waals surface area contributed by atoms with Crippen LogP contribution in [0.4, 0.5) is 11.4 Å². The number of para-hydroxylation sites is 2. The van der Waals surface area contributed by atoms with Gasteiger partial charge in [0.05, 0.1) is 5.69 Å². The summed E-state index contributed by atoms with van der Waals surface area (Å²) in [5.41, 5.74) is 5.88. The van der Waals surface area contributed by atoms with E-state index in [1.165, 1.54) is 6.92 Å². The molecule has 0 saturated heterocycles. The van der Waals surface area contributed by atoms with Gasteiger partial charge in [-0.25, -0.2) is 0 Å². The first-order chi connectivity index (χ1) is 12.8. The quantitative estimate of drug-likeness (QED) is 0.784. The Bertz CT molecular complexity index is 840. The third-order valence-electron chi connectivity index (χ3n) is 4.85. The van der Waals surface area contributed by atoms with E-state index in [0.29, 0.717) is 5.92 Å². The molecule has 4 nitrogen and oxygen atoms in total. The van der Waals surface area contributed by atoms with Crippen molar-refractivity contribution in [2.45, 2.75) is 53.9 Å². The summed E-state index contributed by atoms with van der Waals surface area (Å²) in [6.45, 7) is 11.7. The lowest BCUT2D eigenvalue weighted by atomic mass is 9.98. The van der Waals surface area contributed by atoms with E-state index >= 15 is 0 Å². The van der Waals surface area contributed by atoms with Crippen LogP contribution in [0.3, 0.4) is 0 Å². The lowest BCUT2D eigenvalue weighted by Gasteiger charge is -2.26. The van der Waals surface area contributed by atoms with Crippen molar-refractivity contribution in [3.63, 3.8) is 0 Å². The number of rotatable bonds is 6. The van der Waals surface area contributed by atoms with Crippen LogP contribution in [-0.2, 0) is 16.0 Å². The molecule has 2 amide bonds. The minimum Gasteiger partial charge on any atom is -0.324 e. The predicted octanol–water partition coefficient (Wildman–Crippen LogP) is 4.98. The van der Waals surface area contributed by atoms with Crippen LogP contribution < -0.4 is 10.2 Å². The maximum Gasteiger partial charge on any atom is 0.244 e. The number of benzene rings is 2. The normalized spacial score (nSPS) is 10.8. The van der Waals surface area contributed by atoms with Gasteiger partial charge in [0.25, 0.3) is 0 Å². The molecule has 2 aromatic rings. The van der Waals surface area contributed by atoms with Gasteiger partial charge in [-0.3, -0.25) is 9.59 Å². The number of carbonyl (C=O) groups excluding carboxylic acids is 2. The molecule has 2 aromatic carbocycles. The molecule has 2 rings (SSSR count). The lowest BCUT2D eigenvalue weighted by Crippen LogP contribution is -2.38. The first-order valence-corrected chi connectivity index (χ1v) is 9.52. The maximum absolute atomic E-state index is 12.8. The van der Waals surface area contributed by atoms with Crippen molar-refractivity contribution in [2.75, 3.05) is 16.8 Å². The summed E-state index contributed by atoms with van der Waals surface area (Å²) >= 11 is 0. The second kappa shape index (κ2) is 8.85. The SMILES string of the molecule is CCc1cccc(C)c1N(CC(=O)Nc1c(C)cccc1C(C)C)C(C)=O. The molecule has 0 radical (unpaired) electrons. The molecule has 0 fully saturated rings. The number of hydrogen-bond donors (Lipinski definition) is 1. The zero-order valence-electron chi connectivity index (χ0n) is 17.2.